The Morgan fingerprint density at radius 1 is 1.06 bits per heavy atom. The molecular weight excluding hydrogens is 200 g/mol. The number of rotatable bonds is 8. The van der Waals surface area contributed by atoms with Crippen molar-refractivity contribution in [1.82, 2.24) is 5.32 Å². The number of likely N-dealkylation sites (N-methyl/N-ethyl adjacent to an activating group) is 1. The van der Waals surface area contributed by atoms with E-state index in [4.69, 9.17) is 4.74 Å². The van der Waals surface area contributed by atoms with Crippen LogP contribution in [-0.2, 0) is 0 Å². The van der Waals surface area contributed by atoms with E-state index in [0.29, 0.717) is 0 Å². The van der Waals surface area contributed by atoms with Gasteiger partial charge in [-0.2, -0.15) is 0 Å². The van der Waals surface area contributed by atoms with E-state index in [0.717, 1.165) is 44.1 Å². The summed E-state index contributed by atoms with van der Waals surface area (Å²) >= 11 is 0. The van der Waals surface area contributed by atoms with Crippen molar-refractivity contribution in [3.63, 3.8) is 0 Å². The predicted molar refractivity (Wildman–Crippen MR) is 69.3 cm³/mol. The molecule has 0 saturated heterocycles. The van der Waals surface area contributed by atoms with Crippen LogP contribution in [-0.4, -0.2) is 26.2 Å². The monoisotopic (exact) mass is 222 g/mol. The molecule has 0 bridgehead atoms. The molecular formula is C13H22N2O. The van der Waals surface area contributed by atoms with Crippen molar-refractivity contribution < 1.29 is 4.74 Å². The second-order valence-electron chi connectivity index (χ2n) is 3.65. The van der Waals surface area contributed by atoms with Crippen molar-refractivity contribution in [2.75, 3.05) is 31.6 Å². The zero-order valence-electron chi connectivity index (χ0n) is 10.3. The Kier molecular flexibility index (Phi) is 6.42. The maximum Gasteiger partial charge on any atom is 0.119 e. The molecule has 0 spiro atoms. The van der Waals surface area contributed by atoms with Gasteiger partial charge in [0.1, 0.15) is 5.75 Å². The van der Waals surface area contributed by atoms with E-state index in [2.05, 4.69) is 36.6 Å². The zero-order valence-corrected chi connectivity index (χ0v) is 10.3. The molecule has 2 N–H and O–H groups in total. The number of hydrogen-bond donors (Lipinski definition) is 2. The smallest absolute Gasteiger partial charge is 0.119 e. The highest BCUT2D eigenvalue weighted by atomic mass is 16.5. The first kappa shape index (κ1) is 12.8. The SMILES string of the molecule is CCCOc1ccc(NCCNCC)cc1. The van der Waals surface area contributed by atoms with Crippen LogP contribution in [0.2, 0.25) is 0 Å². The van der Waals surface area contributed by atoms with Gasteiger partial charge in [0.15, 0.2) is 0 Å². The Bertz CT molecular complexity index is 272. The van der Waals surface area contributed by atoms with Gasteiger partial charge in [0.25, 0.3) is 0 Å². The van der Waals surface area contributed by atoms with Crippen molar-refractivity contribution in [1.29, 1.82) is 0 Å². The topological polar surface area (TPSA) is 33.3 Å². The molecule has 0 aliphatic heterocycles. The van der Waals surface area contributed by atoms with E-state index in [-0.39, 0.29) is 0 Å². The average Bonchev–Trinajstić information content (AvgIpc) is 2.33. The fraction of sp³-hybridized carbons (Fsp3) is 0.538. The summed E-state index contributed by atoms with van der Waals surface area (Å²) in [7, 11) is 0. The van der Waals surface area contributed by atoms with E-state index >= 15 is 0 Å². The zero-order chi connectivity index (χ0) is 11.6. The Balaban J connectivity index is 2.27. The molecule has 3 heteroatoms. The average molecular weight is 222 g/mol. The van der Waals surface area contributed by atoms with Crippen LogP contribution < -0.4 is 15.4 Å². The van der Waals surface area contributed by atoms with Crippen molar-refractivity contribution in [2.45, 2.75) is 20.3 Å². The summed E-state index contributed by atoms with van der Waals surface area (Å²) in [5.74, 6) is 0.944. The molecule has 0 aliphatic rings. The van der Waals surface area contributed by atoms with Gasteiger partial charge in [0.05, 0.1) is 6.61 Å². The molecule has 0 atom stereocenters. The quantitative estimate of drug-likeness (QED) is 0.663. The lowest BCUT2D eigenvalue weighted by Gasteiger charge is -2.08. The number of nitrogens with one attached hydrogen (secondary N) is 2. The first-order chi connectivity index (χ1) is 7.86. The lowest BCUT2D eigenvalue weighted by Crippen LogP contribution is -2.21. The molecule has 1 aromatic carbocycles. The van der Waals surface area contributed by atoms with Crippen LogP contribution in [0.4, 0.5) is 5.69 Å². The summed E-state index contributed by atoms with van der Waals surface area (Å²) in [5.41, 5.74) is 1.14. The molecule has 0 aromatic heterocycles. The third-order valence-corrected chi connectivity index (χ3v) is 2.21. The predicted octanol–water partition coefficient (Wildman–Crippen LogP) is 2.50. The van der Waals surface area contributed by atoms with E-state index in [1.165, 1.54) is 0 Å². The molecule has 0 aliphatic carbocycles. The fourth-order valence-electron chi connectivity index (χ4n) is 1.36. The second-order valence-corrected chi connectivity index (χ2v) is 3.65. The van der Waals surface area contributed by atoms with Gasteiger partial charge in [-0.1, -0.05) is 13.8 Å². The van der Waals surface area contributed by atoms with Gasteiger partial charge in [-0.05, 0) is 37.2 Å². The summed E-state index contributed by atoms with van der Waals surface area (Å²) < 4.78 is 5.51. The number of ether oxygens (including phenoxy) is 1. The molecule has 0 saturated carbocycles. The van der Waals surface area contributed by atoms with Gasteiger partial charge in [-0.25, -0.2) is 0 Å². The maximum absolute atomic E-state index is 5.51. The van der Waals surface area contributed by atoms with E-state index in [1.807, 2.05) is 12.1 Å². The molecule has 0 amide bonds. The summed E-state index contributed by atoms with van der Waals surface area (Å²) in [5, 5.41) is 6.62. The molecule has 16 heavy (non-hydrogen) atoms. The van der Waals surface area contributed by atoms with Gasteiger partial charge in [0.2, 0.25) is 0 Å². The summed E-state index contributed by atoms with van der Waals surface area (Å²) in [6.07, 6.45) is 1.04. The lowest BCUT2D eigenvalue weighted by atomic mass is 10.3. The highest BCUT2D eigenvalue weighted by Crippen LogP contribution is 2.15. The number of hydrogen-bond acceptors (Lipinski definition) is 3. The van der Waals surface area contributed by atoms with Gasteiger partial charge < -0.3 is 15.4 Å². The normalized spacial score (nSPS) is 10.1. The highest BCUT2D eigenvalue weighted by molar-refractivity contribution is 5.46. The van der Waals surface area contributed by atoms with Gasteiger partial charge in [-0.15, -0.1) is 0 Å². The van der Waals surface area contributed by atoms with Crippen LogP contribution in [0.5, 0.6) is 5.75 Å². The standard InChI is InChI=1S/C13H22N2O/c1-3-11-16-13-7-5-12(6-8-13)15-10-9-14-4-2/h5-8,14-15H,3-4,9-11H2,1-2H3. The third-order valence-electron chi connectivity index (χ3n) is 2.21. The molecule has 1 rings (SSSR count). The van der Waals surface area contributed by atoms with Crippen LogP contribution in [0.15, 0.2) is 24.3 Å². The van der Waals surface area contributed by atoms with E-state index in [9.17, 15) is 0 Å². The molecule has 0 heterocycles. The van der Waals surface area contributed by atoms with E-state index < -0.39 is 0 Å². The second kappa shape index (κ2) is 7.99. The molecule has 0 unspecified atom stereocenters. The largest absolute Gasteiger partial charge is 0.494 e. The van der Waals surface area contributed by atoms with Crippen molar-refractivity contribution in [3.05, 3.63) is 24.3 Å². The van der Waals surface area contributed by atoms with Crippen LogP contribution in [0.1, 0.15) is 20.3 Å². The molecule has 0 fully saturated rings. The van der Waals surface area contributed by atoms with Crippen molar-refractivity contribution in [3.8, 4) is 5.75 Å². The maximum atomic E-state index is 5.51. The minimum absolute atomic E-state index is 0.785. The number of benzene rings is 1. The minimum Gasteiger partial charge on any atom is -0.494 e. The Morgan fingerprint density at radius 2 is 1.81 bits per heavy atom. The van der Waals surface area contributed by atoms with Crippen molar-refractivity contribution >= 4 is 5.69 Å². The van der Waals surface area contributed by atoms with Gasteiger partial charge >= 0.3 is 0 Å². The fourth-order valence-corrected chi connectivity index (χ4v) is 1.36. The Labute approximate surface area is 98.2 Å². The van der Waals surface area contributed by atoms with Crippen LogP contribution in [0.3, 0.4) is 0 Å². The Morgan fingerprint density at radius 3 is 2.44 bits per heavy atom. The number of anilines is 1. The van der Waals surface area contributed by atoms with Crippen molar-refractivity contribution in [2.24, 2.45) is 0 Å². The van der Waals surface area contributed by atoms with Crippen LogP contribution in [0.25, 0.3) is 0 Å². The molecule has 90 valence electrons. The third kappa shape index (κ3) is 5.03. The highest BCUT2D eigenvalue weighted by Gasteiger charge is 1.94. The molecule has 0 radical (unpaired) electrons. The van der Waals surface area contributed by atoms with Crippen LogP contribution >= 0.6 is 0 Å². The first-order valence-electron chi connectivity index (χ1n) is 6.04. The van der Waals surface area contributed by atoms with Gasteiger partial charge in [-0.3, -0.25) is 0 Å². The summed E-state index contributed by atoms with van der Waals surface area (Å²) in [6, 6.07) is 8.12. The minimum atomic E-state index is 0.785. The molecule has 3 nitrogen and oxygen atoms in total. The van der Waals surface area contributed by atoms with Gasteiger partial charge in [0, 0.05) is 18.8 Å². The summed E-state index contributed by atoms with van der Waals surface area (Å²) in [4.78, 5) is 0. The Hall–Kier alpha value is -1.22. The first-order valence-corrected chi connectivity index (χ1v) is 6.04. The molecule has 1 aromatic rings. The lowest BCUT2D eigenvalue weighted by molar-refractivity contribution is 0.317. The van der Waals surface area contributed by atoms with Crippen LogP contribution in [0, 0.1) is 0 Å². The van der Waals surface area contributed by atoms with E-state index in [1.54, 1.807) is 0 Å². The summed E-state index contributed by atoms with van der Waals surface area (Å²) in [6.45, 7) is 7.96.